The highest BCUT2D eigenvalue weighted by molar-refractivity contribution is 6.28. The third-order valence-corrected chi connectivity index (χ3v) is 2.34. The van der Waals surface area contributed by atoms with Crippen molar-refractivity contribution in [2.75, 3.05) is 11.9 Å². The predicted molar refractivity (Wildman–Crippen MR) is 68.6 cm³/mol. The summed E-state index contributed by atoms with van der Waals surface area (Å²) in [5.41, 5.74) is -0.211. The summed E-state index contributed by atoms with van der Waals surface area (Å²) >= 11 is 5.55. The zero-order valence-corrected chi connectivity index (χ0v) is 11.4. The molecule has 2 rings (SSSR count). The lowest BCUT2D eigenvalue weighted by atomic mass is 10.3. The number of aromatic nitrogens is 4. The first-order valence-electron chi connectivity index (χ1n) is 5.64. The number of alkyl halides is 3. The molecule has 0 aliphatic heterocycles. The topological polar surface area (TPSA) is 89.9 Å². The maximum atomic E-state index is 12.2. The van der Waals surface area contributed by atoms with Gasteiger partial charge in [0.1, 0.15) is 17.7 Å². The van der Waals surface area contributed by atoms with Crippen LogP contribution in [0.2, 0.25) is 5.28 Å². The van der Waals surface area contributed by atoms with Crippen molar-refractivity contribution in [3.05, 3.63) is 35.8 Å². The second-order valence-corrected chi connectivity index (χ2v) is 4.15. The van der Waals surface area contributed by atoms with Crippen LogP contribution in [0.25, 0.3) is 0 Å². The summed E-state index contributed by atoms with van der Waals surface area (Å²) in [6.07, 6.45) is -1.19. The Balaban J connectivity index is 2.14. The summed E-state index contributed by atoms with van der Waals surface area (Å²) in [5, 5.41) is 2.14. The van der Waals surface area contributed by atoms with Gasteiger partial charge in [0.25, 0.3) is 5.91 Å². The number of anilines is 1. The van der Waals surface area contributed by atoms with E-state index in [9.17, 15) is 18.0 Å². The number of hydrogen-bond donors (Lipinski definition) is 1. The number of carbonyl (C=O) groups excluding carboxylic acids is 1. The third kappa shape index (κ3) is 4.52. The highest BCUT2D eigenvalue weighted by Gasteiger charge is 2.29. The molecule has 1 N–H and O–H groups in total. The Morgan fingerprint density at radius 3 is 2.82 bits per heavy atom. The number of nitrogens with zero attached hydrogens (tertiary/aromatic N) is 4. The fraction of sp³-hybridized carbons (Fsp3) is 0.182. The van der Waals surface area contributed by atoms with E-state index in [2.05, 4.69) is 30.0 Å². The molecule has 1 amide bonds. The van der Waals surface area contributed by atoms with Gasteiger partial charge in [0, 0.05) is 6.20 Å². The summed E-state index contributed by atoms with van der Waals surface area (Å²) < 4.78 is 41.0. The van der Waals surface area contributed by atoms with Crippen LogP contribution in [0.1, 0.15) is 10.5 Å². The first-order valence-corrected chi connectivity index (χ1v) is 6.02. The Bertz CT molecular complexity index is 683. The van der Waals surface area contributed by atoms with Gasteiger partial charge in [-0.25, -0.2) is 15.0 Å². The minimum Gasteiger partial charge on any atom is -0.466 e. The molecule has 0 spiro atoms. The van der Waals surface area contributed by atoms with Gasteiger partial charge < -0.3 is 10.1 Å². The highest BCUT2D eigenvalue weighted by Crippen LogP contribution is 2.23. The molecule has 0 saturated carbocycles. The minimum atomic E-state index is -4.54. The van der Waals surface area contributed by atoms with E-state index in [0.29, 0.717) is 0 Å². The van der Waals surface area contributed by atoms with Gasteiger partial charge >= 0.3 is 6.18 Å². The largest absolute Gasteiger partial charge is 0.466 e. The first-order chi connectivity index (χ1) is 10.3. The third-order valence-electron chi connectivity index (χ3n) is 2.16. The van der Waals surface area contributed by atoms with Gasteiger partial charge in [0.2, 0.25) is 11.2 Å². The molecule has 0 aliphatic carbocycles. The lowest BCUT2D eigenvalue weighted by molar-refractivity contribution is -0.153. The van der Waals surface area contributed by atoms with Gasteiger partial charge in [-0.3, -0.25) is 4.79 Å². The zero-order valence-electron chi connectivity index (χ0n) is 10.6. The van der Waals surface area contributed by atoms with Crippen molar-refractivity contribution in [2.24, 2.45) is 0 Å². The van der Waals surface area contributed by atoms with Gasteiger partial charge in [-0.05, 0) is 17.7 Å². The number of amides is 1. The summed E-state index contributed by atoms with van der Waals surface area (Å²) in [6, 6.07) is 1.28. The van der Waals surface area contributed by atoms with E-state index >= 15 is 0 Å². The molecular formula is C11H7ClF3N5O2. The van der Waals surface area contributed by atoms with E-state index in [4.69, 9.17) is 11.6 Å². The standard InChI is InChI=1S/C11H7ClF3N5O2/c12-10-17-2-1-6(20-10)8(21)19-7-3-16-5-18-9(7)22-4-11(13,14)15/h1-3,5H,4H2,(H,19,21). The van der Waals surface area contributed by atoms with Gasteiger partial charge in [0.15, 0.2) is 6.61 Å². The van der Waals surface area contributed by atoms with Gasteiger partial charge in [-0.15, -0.1) is 0 Å². The van der Waals surface area contributed by atoms with Crippen molar-refractivity contribution < 1.29 is 22.7 Å². The molecule has 116 valence electrons. The molecule has 22 heavy (non-hydrogen) atoms. The number of rotatable bonds is 4. The molecule has 7 nitrogen and oxygen atoms in total. The highest BCUT2D eigenvalue weighted by atomic mass is 35.5. The van der Waals surface area contributed by atoms with Crippen LogP contribution in [0.5, 0.6) is 5.88 Å². The molecule has 0 fully saturated rings. The fourth-order valence-electron chi connectivity index (χ4n) is 1.32. The normalized spacial score (nSPS) is 11.1. The van der Waals surface area contributed by atoms with Crippen LogP contribution in [0.15, 0.2) is 24.8 Å². The molecule has 0 aliphatic rings. The molecule has 0 saturated heterocycles. The maximum Gasteiger partial charge on any atom is 0.422 e. The molecule has 0 radical (unpaired) electrons. The quantitative estimate of drug-likeness (QED) is 0.862. The number of ether oxygens (including phenoxy) is 1. The van der Waals surface area contributed by atoms with Crippen LogP contribution in [-0.2, 0) is 0 Å². The Morgan fingerprint density at radius 2 is 2.14 bits per heavy atom. The number of halogens is 4. The van der Waals surface area contributed by atoms with Crippen molar-refractivity contribution in [3.63, 3.8) is 0 Å². The van der Waals surface area contributed by atoms with Crippen LogP contribution in [0.4, 0.5) is 18.9 Å². The molecule has 2 aromatic heterocycles. The first kappa shape index (κ1) is 15.9. The summed E-state index contributed by atoms with van der Waals surface area (Å²) in [7, 11) is 0. The molecule has 0 aromatic carbocycles. The Labute approximate surface area is 126 Å². The fourth-order valence-corrected chi connectivity index (χ4v) is 1.46. The van der Waals surface area contributed by atoms with E-state index in [1.54, 1.807) is 0 Å². The van der Waals surface area contributed by atoms with Gasteiger partial charge in [-0.2, -0.15) is 18.2 Å². The lowest BCUT2D eigenvalue weighted by Crippen LogP contribution is -2.21. The van der Waals surface area contributed by atoms with Crippen molar-refractivity contribution in [3.8, 4) is 5.88 Å². The minimum absolute atomic E-state index is 0.0781. The molecule has 0 unspecified atom stereocenters. The van der Waals surface area contributed by atoms with Gasteiger partial charge in [-0.1, -0.05) is 0 Å². The second-order valence-electron chi connectivity index (χ2n) is 3.81. The number of hydrogen-bond acceptors (Lipinski definition) is 6. The number of carbonyl (C=O) groups is 1. The molecule has 0 atom stereocenters. The average molecular weight is 334 g/mol. The van der Waals surface area contributed by atoms with Crippen molar-refractivity contribution in [1.82, 2.24) is 19.9 Å². The Hall–Kier alpha value is -2.49. The lowest BCUT2D eigenvalue weighted by Gasteiger charge is -2.11. The molecule has 2 aromatic rings. The summed E-state index contributed by atoms with van der Waals surface area (Å²) in [5.74, 6) is -1.14. The Kier molecular flexibility index (Phi) is 4.71. The number of nitrogens with one attached hydrogen (secondary N) is 1. The van der Waals surface area contributed by atoms with Crippen LogP contribution in [0.3, 0.4) is 0 Å². The van der Waals surface area contributed by atoms with Crippen LogP contribution < -0.4 is 10.1 Å². The average Bonchev–Trinajstić information content (AvgIpc) is 2.45. The second kappa shape index (κ2) is 6.52. The van der Waals surface area contributed by atoms with E-state index in [0.717, 1.165) is 12.5 Å². The molecule has 2 heterocycles. The van der Waals surface area contributed by atoms with Crippen LogP contribution in [-0.4, -0.2) is 38.6 Å². The van der Waals surface area contributed by atoms with Crippen molar-refractivity contribution >= 4 is 23.2 Å². The maximum absolute atomic E-state index is 12.2. The van der Waals surface area contributed by atoms with Gasteiger partial charge in [0.05, 0.1) is 6.20 Å². The van der Waals surface area contributed by atoms with Crippen molar-refractivity contribution in [1.29, 1.82) is 0 Å². The van der Waals surface area contributed by atoms with E-state index in [-0.39, 0.29) is 16.7 Å². The molecule has 11 heteroatoms. The van der Waals surface area contributed by atoms with Crippen LogP contribution in [0, 0.1) is 0 Å². The van der Waals surface area contributed by atoms with E-state index in [1.165, 1.54) is 12.3 Å². The molecule has 0 bridgehead atoms. The zero-order chi connectivity index (χ0) is 16.2. The monoisotopic (exact) mass is 333 g/mol. The summed E-state index contributed by atoms with van der Waals surface area (Å²) in [6.45, 7) is -1.55. The predicted octanol–water partition coefficient (Wildman–Crippen LogP) is 2.11. The SMILES string of the molecule is O=C(Nc1cncnc1OCC(F)(F)F)c1ccnc(Cl)n1. The van der Waals surface area contributed by atoms with E-state index < -0.39 is 24.6 Å². The van der Waals surface area contributed by atoms with E-state index in [1.807, 2.05) is 0 Å². The molecular weight excluding hydrogens is 327 g/mol. The smallest absolute Gasteiger partial charge is 0.422 e. The Morgan fingerprint density at radius 1 is 1.36 bits per heavy atom. The van der Waals surface area contributed by atoms with Crippen LogP contribution >= 0.6 is 11.6 Å². The van der Waals surface area contributed by atoms with Crippen molar-refractivity contribution in [2.45, 2.75) is 6.18 Å². The summed E-state index contributed by atoms with van der Waals surface area (Å²) in [4.78, 5) is 26.3.